The number of aryl methyl sites for hydroxylation is 1. The van der Waals surface area contributed by atoms with E-state index in [1.54, 1.807) is 7.11 Å². The van der Waals surface area contributed by atoms with Gasteiger partial charge in [-0.05, 0) is 36.1 Å². The van der Waals surface area contributed by atoms with Crippen molar-refractivity contribution in [1.29, 1.82) is 0 Å². The van der Waals surface area contributed by atoms with E-state index < -0.39 is 22.8 Å². The highest BCUT2D eigenvalue weighted by Gasteiger charge is 2.41. The summed E-state index contributed by atoms with van der Waals surface area (Å²) in [5, 5.41) is 12.3. The summed E-state index contributed by atoms with van der Waals surface area (Å²) in [4.78, 5) is 11.2. The van der Waals surface area contributed by atoms with Crippen LogP contribution >= 0.6 is 0 Å². The molecule has 1 aliphatic heterocycles. The van der Waals surface area contributed by atoms with Crippen LogP contribution in [0.2, 0.25) is 0 Å². The van der Waals surface area contributed by atoms with Gasteiger partial charge in [0.05, 0.1) is 18.1 Å². The number of hydrogen-bond acceptors (Lipinski definition) is 4. The van der Waals surface area contributed by atoms with Gasteiger partial charge in [0.1, 0.15) is 11.8 Å². The molecule has 4 unspecified atom stereocenters. The highest BCUT2D eigenvalue weighted by atomic mass is 32.2. The van der Waals surface area contributed by atoms with Crippen LogP contribution in [0, 0.1) is 0 Å². The summed E-state index contributed by atoms with van der Waals surface area (Å²) < 4.78 is 17.5. The fourth-order valence-electron chi connectivity index (χ4n) is 3.06. The Morgan fingerprint density at radius 1 is 1.50 bits per heavy atom. The van der Waals surface area contributed by atoms with Gasteiger partial charge in [0.2, 0.25) is 0 Å². The van der Waals surface area contributed by atoms with Gasteiger partial charge in [-0.1, -0.05) is 6.07 Å². The zero-order valence-electron chi connectivity index (χ0n) is 11.2. The molecule has 1 aromatic carbocycles. The number of hydrogen-bond donors (Lipinski definition) is 2. The summed E-state index contributed by atoms with van der Waals surface area (Å²) in [6.45, 7) is 0. The maximum absolute atomic E-state index is 12.3. The van der Waals surface area contributed by atoms with Gasteiger partial charge in [-0.25, -0.2) is 0 Å². The van der Waals surface area contributed by atoms with Crippen LogP contribution in [0.15, 0.2) is 18.2 Å². The van der Waals surface area contributed by atoms with E-state index in [-0.39, 0.29) is 17.0 Å². The van der Waals surface area contributed by atoms with Gasteiger partial charge in [0, 0.05) is 16.8 Å². The normalized spacial score (nSPS) is 32.0. The van der Waals surface area contributed by atoms with Crippen LogP contribution in [0.1, 0.15) is 23.6 Å². The molecule has 3 rings (SSSR count). The molecule has 0 saturated carbocycles. The molecule has 108 valence electrons. The van der Waals surface area contributed by atoms with E-state index in [9.17, 15) is 14.1 Å². The Morgan fingerprint density at radius 3 is 3.00 bits per heavy atom. The summed E-state index contributed by atoms with van der Waals surface area (Å²) >= 11 is 0. The number of carbonyl (C=O) groups is 1. The maximum atomic E-state index is 12.3. The minimum Gasteiger partial charge on any atom is -0.497 e. The topological polar surface area (TPSA) is 75.6 Å². The number of ether oxygens (including phenoxy) is 1. The molecule has 1 aliphatic carbocycles. The molecule has 0 aromatic heterocycles. The first kappa shape index (κ1) is 13.6. The molecule has 1 fully saturated rings. The van der Waals surface area contributed by atoms with E-state index >= 15 is 0 Å². The zero-order valence-corrected chi connectivity index (χ0v) is 12.0. The molecule has 1 heterocycles. The highest BCUT2D eigenvalue weighted by Crippen LogP contribution is 2.37. The monoisotopic (exact) mass is 295 g/mol. The first-order valence-electron chi connectivity index (χ1n) is 6.63. The average Bonchev–Trinajstić information content (AvgIpc) is 2.46. The molecular weight excluding hydrogens is 278 g/mol. The number of aliphatic carboxylic acids is 1. The number of rotatable bonds is 2. The summed E-state index contributed by atoms with van der Waals surface area (Å²) in [6.07, 6.45) is 1.71. The molecule has 6 heteroatoms. The number of benzene rings is 1. The Hall–Kier alpha value is -1.40. The first-order chi connectivity index (χ1) is 9.60. The lowest BCUT2D eigenvalue weighted by molar-refractivity contribution is -0.139. The van der Waals surface area contributed by atoms with Crippen molar-refractivity contribution in [3.63, 3.8) is 0 Å². The number of carboxylic acid groups (broad SMARTS) is 1. The van der Waals surface area contributed by atoms with Gasteiger partial charge in [0.25, 0.3) is 0 Å². The third-order valence-corrected chi connectivity index (χ3v) is 5.95. The largest absolute Gasteiger partial charge is 0.497 e. The molecule has 0 amide bonds. The number of methoxy groups -OCH3 is 1. The smallest absolute Gasteiger partial charge is 0.321 e. The summed E-state index contributed by atoms with van der Waals surface area (Å²) in [7, 11) is 0.498. The molecule has 0 spiro atoms. The van der Waals surface area contributed by atoms with Crippen molar-refractivity contribution in [2.24, 2.45) is 0 Å². The van der Waals surface area contributed by atoms with E-state index in [2.05, 4.69) is 5.32 Å². The Morgan fingerprint density at radius 2 is 2.30 bits per heavy atom. The Labute approximate surface area is 119 Å². The second-order valence-electron chi connectivity index (χ2n) is 5.22. The molecule has 20 heavy (non-hydrogen) atoms. The molecule has 1 aromatic rings. The second-order valence-corrected chi connectivity index (χ2v) is 6.92. The van der Waals surface area contributed by atoms with Gasteiger partial charge in [0.15, 0.2) is 0 Å². The van der Waals surface area contributed by atoms with Crippen molar-refractivity contribution in [2.45, 2.75) is 30.2 Å². The molecule has 0 bridgehead atoms. The van der Waals surface area contributed by atoms with Crippen molar-refractivity contribution in [1.82, 2.24) is 5.32 Å². The van der Waals surface area contributed by atoms with Gasteiger partial charge in [-0.15, -0.1) is 0 Å². The standard InChI is InChI=1S/C14H17NO4S/c1-19-9-4-2-8-3-5-12-13(10(8)6-9)15-11(14(16)17)7-20(12)18/h2,4,6,11-13,15H,3,5,7H2,1H3,(H,16,17). The molecular formula is C14H17NO4S. The van der Waals surface area contributed by atoms with Crippen LogP contribution in [0.4, 0.5) is 0 Å². The first-order valence-corrected chi connectivity index (χ1v) is 8.01. The minimum atomic E-state index is -1.11. The van der Waals surface area contributed by atoms with Crippen molar-refractivity contribution >= 4 is 16.8 Å². The van der Waals surface area contributed by atoms with Crippen molar-refractivity contribution in [2.75, 3.05) is 12.9 Å². The fourth-order valence-corrected chi connectivity index (χ4v) is 4.78. The van der Waals surface area contributed by atoms with Crippen LogP contribution in [0.25, 0.3) is 0 Å². The van der Waals surface area contributed by atoms with E-state index in [1.165, 1.54) is 5.56 Å². The number of carboxylic acids is 1. The van der Waals surface area contributed by atoms with Crippen molar-refractivity contribution in [3.8, 4) is 5.75 Å². The van der Waals surface area contributed by atoms with Crippen molar-refractivity contribution < 1.29 is 18.8 Å². The molecule has 2 N–H and O–H groups in total. The predicted molar refractivity (Wildman–Crippen MR) is 75.4 cm³/mol. The fraction of sp³-hybridized carbons (Fsp3) is 0.500. The van der Waals surface area contributed by atoms with E-state index in [1.807, 2.05) is 18.2 Å². The van der Waals surface area contributed by atoms with Crippen LogP contribution < -0.4 is 10.1 Å². The molecule has 0 radical (unpaired) electrons. The maximum Gasteiger partial charge on any atom is 0.321 e. The molecule has 5 nitrogen and oxygen atoms in total. The van der Waals surface area contributed by atoms with Gasteiger partial charge < -0.3 is 9.84 Å². The van der Waals surface area contributed by atoms with E-state index in [0.29, 0.717) is 0 Å². The van der Waals surface area contributed by atoms with E-state index in [0.717, 1.165) is 24.2 Å². The lowest BCUT2D eigenvalue weighted by Gasteiger charge is -2.39. The van der Waals surface area contributed by atoms with Crippen LogP contribution in [-0.4, -0.2) is 39.4 Å². The van der Waals surface area contributed by atoms with Gasteiger partial charge in [-0.3, -0.25) is 14.3 Å². The third-order valence-electron chi connectivity index (χ3n) is 4.11. The lowest BCUT2D eigenvalue weighted by atomic mass is 9.86. The average molecular weight is 295 g/mol. The second kappa shape index (κ2) is 5.18. The number of nitrogens with one attached hydrogen (secondary N) is 1. The highest BCUT2D eigenvalue weighted by molar-refractivity contribution is 7.85. The third kappa shape index (κ3) is 2.23. The summed E-state index contributed by atoms with van der Waals surface area (Å²) in [5.41, 5.74) is 2.21. The lowest BCUT2D eigenvalue weighted by Crippen LogP contribution is -2.54. The quantitative estimate of drug-likeness (QED) is 0.846. The Balaban J connectivity index is 1.99. The zero-order chi connectivity index (χ0) is 14.3. The molecule has 1 saturated heterocycles. The molecule has 4 atom stereocenters. The van der Waals surface area contributed by atoms with Crippen LogP contribution in [-0.2, 0) is 22.0 Å². The minimum absolute atomic E-state index is 0.00907. The predicted octanol–water partition coefficient (Wildman–Crippen LogP) is 0.856. The summed E-state index contributed by atoms with van der Waals surface area (Å²) in [5.74, 6) is -0.00301. The SMILES string of the molecule is COc1ccc2c(c1)C1NC(C(=O)O)CS(=O)C1CC2. The summed E-state index contributed by atoms with van der Waals surface area (Å²) in [6, 6.07) is 4.95. The van der Waals surface area contributed by atoms with E-state index in [4.69, 9.17) is 4.74 Å². The van der Waals surface area contributed by atoms with Crippen LogP contribution in [0.5, 0.6) is 5.75 Å². The van der Waals surface area contributed by atoms with Gasteiger partial charge in [-0.2, -0.15) is 0 Å². The van der Waals surface area contributed by atoms with Crippen molar-refractivity contribution in [3.05, 3.63) is 29.3 Å². The molecule has 2 aliphatic rings. The van der Waals surface area contributed by atoms with Gasteiger partial charge >= 0.3 is 5.97 Å². The number of fused-ring (bicyclic) bond motifs is 3. The Kier molecular flexibility index (Phi) is 3.52. The van der Waals surface area contributed by atoms with Crippen LogP contribution in [0.3, 0.4) is 0 Å². The Bertz CT molecular complexity index is 574.